The summed E-state index contributed by atoms with van der Waals surface area (Å²) in [7, 11) is 0. The number of carbonyl (C=O) groups excluding carboxylic acids is 1. The maximum atomic E-state index is 10.5. The minimum absolute atomic E-state index is 0. The molecule has 0 bridgehead atoms. The summed E-state index contributed by atoms with van der Waals surface area (Å²) in [5.74, 6) is -0.0255. The molecule has 1 aliphatic heterocycles. The molecule has 1 aliphatic rings. The van der Waals surface area contributed by atoms with Crippen LogP contribution in [0, 0.1) is 0 Å². The van der Waals surface area contributed by atoms with E-state index in [-0.39, 0.29) is 29.9 Å². The number of cyclic esters (lactones) is 1. The SMILES string of the molecule is I.O=C1CCCCCO1. The highest BCUT2D eigenvalue weighted by atomic mass is 127. The average molecular weight is 242 g/mol. The van der Waals surface area contributed by atoms with Crippen molar-refractivity contribution in [1.82, 2.24) is 0 Å². The zero-order chi connectivity index (χ0) is 5.82. The molecular formula is C6H11IO2. The summed E-state index contributed by atoms with van der Waals surface area (Å²) in [6, 6.07) is 0. The van der Waals surface area contributed by atoms with Crippen molar-refractivity contribution in [2.24, 2.45) is 0 Å². The molecule has 3 heteroatoms. The summed E-state index contributed by atoms with van der Waals surface area (Å²) in [6.45, 7) is 0.638. The van der Waals surface area contributed by atoms with Crippen LogP contribution in [0.5, 0.6) is 0 Å². The molecule has 1 fully saturated rings. The average Bonchev–Trinajstić information content (AvgIpc) is 1.94. The van der Waals surface area contributed by atoms with E-state index >= 15 is 0 Å². The van der Waals surface area contributed by atoms with Gasteiger partial charge in [0.15, 0.2) is 0 Å². The summed E-state index contributed by atoms with van der Waals surface area (Å²) >= 11 is 0. The van der Waals surface area contributed by atoms with Gasteiger partial charge in [0, 0.05) is 6.42 Å². The minimum Gasteiger partial charge on any atom is -0.466 e. The van der Waals surface area contributed by atoms with Gasteiger partial charge in [-0.25, -0.2) is 0 Å². The normalized spacial score (nSPS) is 19.3. The second-order valence-corrected chi connectivity index (χ2v) is 2.03. The molecule has 2 nitrogen and oxygen atoms in total. The van der Waals surface area contributed by atoms with Crippen molar-refractivity contribution in [3.63, 3.8) is 0 Å². The van der Waals surface area contributed by atoms with Crippen LogP contribution in [0.25, 0.3) is 0 Å². The Labute approximate surface area is 72.0 Å². The molecule has 9 heavy (non-hydrogen) atoms. The van der Waals surface area contributed by atoms with Crippen molar-refractivity contribution in [1.29, 1.82) is 0 Å². The molecular weight excluding hydrogens is 231 g/mol. The van der Waals surface area contributed by atoms with Crippen LogP contribution in [0.2, 0.25) is 0 Å². The molecule has 0 unspecified atom stereocenters. The van der Waals surface area contributed by atoms with E-state index in [1.807, 2.05) is 0 Å². The summed E-state index contributed by atoms with van der Waals surface area (Å²) in [4.78, 5) is 10.5. The van der Waals surface area contributed by atoms with Gasteiger partial charge in [-0.2, -0.15) is 0 Å². The van der Waals surface area contributed by atoms with E-state index in [1.54, 1.807) is 0 Å². The van der Waals surface area contributed by atoms with Gasteiger partial charge in [-0.3, -0.25) is 4.79 Å². The van der Waals surface area contributed by atoms with Crippen molar-refractivity contribution in [3.8, 4) is 0 Å². The maximum Gasteiger partial charge on any atom is 0.305 e. The third-order valence-electron chi connectivity index (χ3n) is 1.29. The molecule has 0 aromatic rings. The van der Waals surface area contributed by atoms with Gasteiger partial charge in [0.25, 0.3) is 0 Å². The zero-order valence-corrected chi connectivity index (χ0v) is 7.59. The van der Waals surface area contributed by atoms with Crippen LogP contribution in [0.15, 0.2) is 0 Å². The highest BCUT2D eigenvalue weighted by Crippen LogP contribution is 2.06. The molecule has 0 aromatic heterocycles. The predicted molar refractivity (Wildman–Crippen MR) is 44.8 cm³/mol. The van der Waals surface area contributed by atoms with Crippen LogP contribution in [0.3, 0.4) is 0 Å². The van der Waals surface area contributed by atoms with Crippen LogP contribution in [0.4, 0.5) is 0 Å². The molecule has 0 amide bonds. The predicted octanol–water partition coefficient (Wildman–Crippen LogP) is 1.72. The van der Waals surface area contributed by atoms with Gasteiger partial charge in [-0.15, -0.1) is 24.0 Å². The molecule has 0 aliphatic carbocycles. The van der Waals surface area contributed by atoms with Crippen molar-refractivity contribution in [2.45, 2.75) is 25.7 Å². The molecule has 0 N–H and O–H groups in total. The second kappa shape index (κ2) is 5.02. The fourth-order valence-corrected chi connectivity index (χ4v) is 0.806. The number of carbonyl (C=O) groups is 1. The van der Waals surface area contributed by atoms with Gasteiger partial charge in [0.1, 0.15) is 0 Å². The fourth-order valence-electron chi connectivity index (χ4n) is 0.806. The highest BCUT2D eigenvalue weighted by Gasteiger charge is 2.05. The van der Waals surface area contributed by atoms with E-state index in [1.165, 1.54) is 0 Å². The first-order valence-electron chi connectivity index (χ1n) is 3.05. The van der Waals surface area contributed by atoms with Crippen molar-refractivity contribution in [2.75, 3.05) is 6.61 Å². The lowest BCUT2D eigenvalue weighted by molar-refractivity contribution is -0.142. The number of ether oxygens (including phenoxy) is 1. The van der Waals surface area contributed by atoms with Gasteiger partial charge in [0.05, 0.1) is 6.61 Å². The number of hydrogen-bond acceptors (Lipinski definition) is 2. The van der Waals surface area contributed by atoms with E-state index in [0.717, 1.165) is 19.3 Å². The number of hydrogen-bond donors (Lipinski definition) is 0. The standard InChI is InChI=1S/C6H10O2.HI/c7-6-4-2-1-3-5-8-6;/h1-5H2;1H. The molecule has 0 spiro atoms. The summed E-state index contributed by atoms with van der Waals surface area (Å²) in [5, 5.41) is 0. The van der Waals surface area contributed by atoms with Crippen LogP contribution < -0.4 is 0 Å². The Balaban J connectivity index is 0.000000640. The molecule has 1 rings (SSSR count). The Hall–Kier alpha value is 0.200. The largest absolute Gasteiger partial charge is 0.466 e. The van der Waals surface area contributed by atoms with Crippen LogP contribution in [0.1, 0.15) is 25.7 Å². The maximum absolute atomic E-state index is 10.5. The first kappa shape index (κ1) is 9.20. The smallest absolute Gasteiger partial charge is 0.305 e. The second-order valence-electron chi connectivity index (χ2n) is 2.03. The summed E-state index contributed by atoms with van der Waals surface area (Å²) in [6.07, 6.45) is 3.83. The van der Waals surface area contributed by atoms with Gasteiger partial charge >= 0.3 is 5.97 Å². The Morgan fingerprint density at radius 3 is 2.78 bits per heavy atom. The van der Waals surface area contributed by atoms with Gasteiger partial charge < -0.3 is 4.74 Å². The van der Waals surface area contributed by atoms with E-state index in [9.17, 15) is 4.79 Å². The Morgan fingerprint density at radius 2 is 2.00 bits per heavy atom. The van der Waals surface area contributed by atoms with Crippen LogP contribution in [-0.2, 0) is 9.53 Å². The Kier molecular flexibility index (Phi) is 5.13. The van der Waals surface area contributed by atoms with E-state index in [0.29, 0.717) is 13.0 Å². The summed E-state index contributed by atoms with van der Waals surface area (Å²) < 4.78 is 4.76. The first-order valence-corrected chi connectivity index (χ1v) is 3.05. The van der Waals surface area contributed by atoms with Crippen LogP contribution >= 0.6 is 24.0 Å². The number of esters is 1. The molecule has 0 aromatic carbocycles. The number of rotatable bonds is 0. The van der Waals surface area contributed by atoms with Crippen molar-refractivity contribution >= 4 is 29.9 Å². The molecule has 1 heterocycles. The third kappa shape index (κ3) is 3.72. The Bertz CT molecular complexity index is 83.1. The van der Waals surface area contributed by atoms with Crippen LogP contribution in [-0.4, -0.2) is 12.6 Å². The van der Waals surface area contributed by atoms with Crippen molar-refractivity contribution < 1.29 is 9.53 Å². The fraction of sp³-hybridized carbons (Fsp3) is 0.833. The van der Waals surface area contributed by atoms with E-state index in [2.05, 4.69) is 0 Å². The molecule has 54 valence electrons. The monoisotopic (exact) mass is 242 g/mol. The van der Waals surface area contributed by atoms with Gasteiger partial charge in [-0.1, -0.05) is 0 Å². The quantitative estimate of drug-likeness (QED) is 0.477. The first-order chi connectivity index (χ1) is 3.89. The highest BCUT2D eigenvalue weighted by molar-refractivity contribution is 14.0. The van der Waals surface area contributed by atoms with Gasteiger partial charge in [-0.05, 0) is 19.3 Å². The lowest BCUT2D eigenvalue weighted by Crippen LogP contribution is -2.00. The molecule has 0 saturated carbocycles. The van der Waals surface area contributed by atoms with E-state index < -0.39 is 0 Å². The molecule has 1 saturated heterocycles. The number of halogens is 1. The van der Waals surface area contributed by atoms with Gasteiger partial charge in [0.2, 0.25) is 0 Å². The lowest BCUT2D eigenvalue weighted by Gasteiger charge is -1.93. The summed E-state index contributed by atoms with van der Waals surface area (Å²) in [5.41, 5.74) is 0. The lowest BCUT2D eigenvalue weighted by atomic mass is 10.2. The Morgan fingerprint density at radius 1 is 1.22 bits per heavy atom. The third-order valence-corrected chi connectivity index (χ3v) is 1.29. The topological polar surface area (TPSA) is 26.3 Å². The molecule has 0 atom stereocenters. The van der Waals surface area contributed by atoms with Crippen molar-refractivity contribution in [3.05, 3.63) is 0 Å². The zero-order valence-electron chi connectivity index (χ0n) is 5.26. The molecule has 0 radical (unpaired) electrons. The van der Waals surface area contributed by atoms with E-state index in [4.69, 9.17) is 4.74 Å². The minimum atomic E-state index is -0.0255.